The lowest BCUT2D eigenvalue weighted by molar-refractivity contribution is -0.229. The van der Waals surface area contributed by atoms with Gasteiger partial charge < -0.3 is 45.3 Å². The van der Waals surface area contributed by atoms with Crippen molar-refractivity contribution in [3.05, 3.63) is 83.2 Å². The Balaban J connectivity index is 0.000000229. The molecule has 2 aromatic rings. The second-order valence-electron chi connectivity index (χ2n) is 17.7. The first-order valence-electron chi connectivity index (χ1n) is 21.1. The van der Waals surface area contributed by atoms with Crippen LogP contribution in [0.2, 0.25) is 0 Å². The number of carbonyl (C=O) groups is 6. The van der Waals surface area contributed by atoms with E-state index in [1.807, 2.05) is 22.8 Å². The van der Waals surface area contributed by atoms with E-state index in [1.165, 1.54) is 19.1 Å². The van der Waals surface area contributed by atoms with Crippen LogP contribution in [0.5, 0.6) is 0 Å². The number of carboxylic acids is 1. The van der Waals surface area contributed by atoms with Gasteiger partial charge in [0.25, 0.3) is 0 Å². The zero-order valence-electron chi connectivity index (χ0n) is 35.9. The Hall–Kier alpha value is -4.94. The van der Waals surface area contributed by atoms with Gasteiger partial charge in [0.15, 0.2) is 23.7 Å². The molecule has 1 aromatic carbocycles. The highest BCUT2D eigenvalue weighted by Crippen LogP contribution is 2.70. The number of ketones is 3. The van der Waals surface area contributed by atoms with Crippen molar-refractivity contribution in [2.45, 2.75) is 114 Å². The minimum absolute atomic E-state index is 0.0148. The number of nitrogens with zero attached hydrogens (tertiary/aromatic N) is 1. The van der Waals surface area contributed by atoms with Crippen molar-refractivity contribution in [3.63, 3.8) is 0 Å². The fraction of sp³-hybridized carbons (Fsp3) is 0.565. The standard InChI is InChI=1S/C27H34F2O7.C15H13NO3.C4H11NO3/c1-5-6-23(34)36-26(22(33)14-35-15(2)30)10-8-17-18-12-20(28)19-11-16(31)7-9-24(19,3)27(18,29)21(32)13-25(17,26)4;17-14(10-4-2-1-3-5-10)13-7-6-12-11(15(18)19)8-9-16(12)13;5-4(1-6,2-7)3-8/h7,9,11,17-18,20-21,32H,5-6,8,10,12-14H2,1-4H3;1-7,11H,8-9H2,(H,18,19);6-8H,1-3,5H2/t17-,18-,20-,21-,24-,25-,26-,27-;;/m0../s1. The molecule has 0 radical (unpaired) electrons. The Morgan fingerprint density at radius 2 is 1.63 bits per heavy atom. The van der Waals surface area contributed by atoms with Gasteiger partial charge in [-0.05, 0) is 81.2 Å². The Morgan fingerprint density at radius 3 is 2.21 bits per heavy atom. The third-order valence-corrected chi connectivity index (χ3v) is 13.9. The summed E-state index contributed by atoms with van der Waals surface area (Å²) in [6.07, 6.45) is 1.34. The van der Waals surface area contributed by atoms with E-state index in [2.05, 4.69) is 0 Å². The molecule has 63 heavy (non-hydrogen) atoms. The van der Waals surface area contributed by atoms with Crippen molar-refractivity contribution >= 4 is 35.3 Å². The number of aliphatic carboxylic acids is 1. The molecule has 2 heterocycles. The van der Waals surface area contributed by atoms with Crippen LogP contribution in [0.3, 0.4) is 0 Å². The number of esters is 2. The van der Waals surface area contributed by atoms with Crippen molar-refractivity contribution in [2.75, 3.05) is 26.4 Å². The number of aliphatic hydroxyl groups is 4. The van der Waals surface area contributed by atoms with Gasteiger partial charge in [0.2, 0.25) is 11.6 Å². The minimum atomic E-state index is -2.30. The minimum Gasteiger partial charge on any atom is -0.481 e. The number of aromatic nitrogens is 1. The predicted octanol–water partition coefficient (Wildman–Crippen LogP) is 3.47. The summed E-state index contributed by atoms with van der Waals surface area (Å²) >= 11 is 0. The maximum atomic E-state index is 17.2. The first-order chi connectivity index (χ1) is 29.6. The number of hydrogen-bond donors (Lipinski definition) is 6. The second kappa shape index (κ2) is 19.0. The Morgan fingerprint density at radius 1 is 0.984 bits per heavy atom. The number of carbonyl (C=O) groups excluding carboxylic acids is 5. The second-order valence-corrected chi connectivity index (χ2v) is 17.7. The molecule has 0 amide bonds. The summed E-state index contributed by atoms with van der Waals surface area (Å²) in [5, 5.41) is 45.6. The van der Waals surface area contributed by atoms with Crippen LogP contribution in [0.1, 0.15) is 100 Å². The average Bonchev–Trinajstić information content (AvgIpc) is 3.95. The van der Waals surface area contributed by atoms with Crippen LogP contribution in [-0.4, -0.2) is 121 Å². The number of aliphatic hydroxyl groups excluding tert-OH is 4. The lowest BCUT2D eigenvalue weighted by Crippen LogP contribution is -2.70. The van der Waals surface area contributed by atoms with E-state index in [0.29, 0.717) is 30.6 Å². The molecule has 15 nitrogen and oxygen atoms in total. The molecule has 1 aromatic heterocycles. The molecule has 4 aliphatic carbocycles. The molecule has 0 spiro atoms. The normalized spacial score (nSPS) is 31.3. The van der Waals surface area contributed by atoms with Crippen molar-refractivity contribution in [1.82, 2.24) is 4.57 Å². The Kier molecular flexibility index (Phi) is 14.8. The van der Waals surface area contributed by atoms with Crippen LogP contribution in [-0.2, 0) is 40.0 Å². The average molecular weight is 885 g/mol. The molecule has 17 heteroatoms. The Bertz CT molecular complexity index is 2130. The van der Waals surface area contributed by atoms with Crippen molar-refractivity contribution < 1.29 is 72.6 Å². The lowest BCUT2D eigenvalue weighted by Gasteiger charge is -2.63. The van der Waals surface area contributed by atoms with Gasteiger partial charge in [0.1, 0.15) is 6.17 Å². The summed E-state index contributed by atoms with van der Waals surface area (Å²) in [6.45, 7) is 4.88. The molecule has 3 fully saturated rings. The summed E-state index contributed by atoms with van der Waals surface area (Å²) in [7, 11) is 0. The van der Waals surface area contributed by atoms with Gasteiger partial charge in [-0.2, -0.15) is 0 Å². The van der Waals surface area contributed by atoms with Gasteiger partial charge in [-0.1, -0.05) is 50.3 Å². The highest BCUT2D eigenvalue weighted by molar-refractivity contribution is 6.08. The summed E-state index contributed by atoms with van der Waals surface area (Å²) in [6, 6.07) is 12.5. The quantitative estimate of drug-likeness (QED) is 0.132. The summed E-state index contributed by atoms with van der Waals surface area (Å²) in [4.78, 5) is 73.1. The zero-order valence-corrected chi connectivity index (χ0v) is 35.9. The van der Waals surface area contributed by atoms with E-state index in [1.54, 1.807) is 38.1 Å². The molecule has 344 valence electrons. The molecule has 0 saturated heterocycles. The number of alkyl halides is 2. The number of ether oxygens (including phenoxy) is 2. The molecule has 5 aliphatic rings. The molecule has 0 bridgehead atoms. The van der Waals surface area contributed by atoms with E-state index in [-0.39, 0.29) is 43.5 Å². The van der Waals surface area contributed by atoms with Crippen LogP contribution < -0.4 is 5.73 Å². The SMILES string of the molecule is CCCC(=O)O[C@]1(C(=O)COC(C)=O)CC[C@H]2[C@@H]3C[C@H](F)C4=CC(=O)C=C[C@]4(C)[C@@]3(F)[C@@H](O)C[C@@]21C.NC(CO)(CO)CO.O=C(c1ccccc1)c1ccc2n1CCC2C(=O)O. The van der Waals surface area contributed by atoms with Crippen molar-refractivity contribution in [2.24, 2.45) is 28.4 Å². The van der Waals surface area contributed by atoms with Crippen LogP contribution >= 0.6 is 0 Å². The van der Waals surface area contributed by atoms with Crippen LogP contribution in [0.4, 0.5) is 8.78 Å². The van der Waals surface area contributed by atoms with E-state index in [9.17, 15) is 33.9 Å². The summed E-state index contributed by atoms with van der Waals surface area (Å²) < 4.78 is 45.4. The Labute approximate surface area is 363 Å². The number of allylic oxidation sites excluding steroid dienone is 4. The molecule has 1 aliphatic heterocycles. The lowest BCUT2D eigenvalue weighted by atomic mass is 9.44. The van der Waals surface area contributed by atoms with E-state index in [0.717, 1.165) is 18.7 Å². The van der Waals surface area contributed by atoms with Gasteiger partial charge in [0, 0.05) is 47.9 Å². The molecule has 3 saturated carbocycles. The number of Topliss-reactive ketones (excluding diaryl/α,β-unsaturated/α-hetero) is 1. The molecular formula is C46H58F2N2O13. The van der Waals surface area contributed by atoms with Gasteiger partial charge in [0.05, 0.1) is 43.1 Å². The topological polar surface area (TPSA) is 253 Å². The highest BCUT2D eigenvalue weighted by Gasteiger charge is 2.76. The van der Waals surface area contributed by atoms with Crippen molar-refractivity contribution in [3.8, 4) is 0 Å². The number of benzene rings is 1. The van der Waals surface area contributed by atoms with E-state index < -0.39 is 114 Å². The molecule has 7 N–H and O–H groups in total. The van der Waals surface area contributed by atoms with E-state index >= 15 is 8.78 Å². The highest BCUT2D eigenvalue weighted by atomic mass is 19.1. The molecular weight excluding hydrogens is 827 g/mol. The fourth-order valence-corrected chi connectivity index (χ4v) is 10.4. The summed E-state index contributed by atoms with van der Waals surface area (Å²) in [5.74, 6) is -5.33. The van der Waals surface area contributed by atoms with Gasteiger partial charge >= 0.3 is 17.9 Å². The number of nitrogens with two attached hydrogens (primary N) is 1. The van der Waals surface area contributed by atoms with Crippen LogP contribution in [0, 0.1) is 22.7 Å². The third kappa shape index (κ3) is 8.82. The van der Waals surface area contributed by atoms with Crippen LogP contribution in [0.25, 0.3) is 0 Å². The first-order valence-corrected chi connectivity index (χ1v) is 21.1. The van der Waals surface area contributed by atoms with Crippen molar-refractivity contribution in [1.29, 1.82) is 0 Å². The maximum absolute atomic E-state index is 17.2. The zero-order chi connectivity index (χ0) is 46.7. The smallest absolute Gasteiger partial charge is 0.312 e. The number of halogens is 2. The van der Waals surface area contributed by atoms with Gasteiger partial charge in [-0.3, -0.25) is 28.8 Å². The van der Waals surface area contributed by atoms with Crippen LogP contribution in [0.15, 0.2) is 66.3 Å². The maximum Gasteiger partial charge on any atom is 0.312 e. The predicted molar refractivity (Wildman–Crippen MR) is 221 cm³/mol. The number of carboxylic acid groups (broad SMARTS) is 1. The largest absolute Gasteiger partial charge is 0.481 e. The third-order valence-electron chi connectivity index (χ3n) is 13.9. The number of rotatable bonds is 12. The molecule has 1 unspecified atom stereocenters. The summed E-state index contributed by atoms with van der Waals surface area (Å²) in [5.41, 5.74) is -0.935. The fourth-order valence-electron chi connectivity index (χ4n) is 10.4. The first kappa shape index (κ1) is 49.1. The number of fused-ring (bicyclic) bond motifs is 6. The van der Waals surface area contributed by atoms with Gasteiger partial charge in [-0.25, -0.2) is 8.78 Å². The van der Waals surface area contributed by atoms with Gasteiger partial charge in [-0.15, -0.1) is 0 Å². The molecule has 9 atom stereocenters. The monoisotopic (exact) mass is 884 g/mol. The molecule has 7 rings (SSSR count). The van der Waals surface area contributed by atoms with E-state index in [4.69, 9.17) is 35.6 Å². The number of hydrogen-bond acceptors (Lipinski definition) is 13.